The van der Waals surface area contributed by atoms with Crippen molar-refractivity contribution >= 4 is 7.60 Å². The van der Waals surface area contributed by atoms with Crippen LogP contribution < -0.4 is 10.1 Å². The molecule has 25 heteroatoms. The summed E-state index contributed by atoms with van der Waals surface area (Å²) in [4.78, 5) is 17.5. The molecule has 45 heavy (non-hydrogen) atoms. The van der Waals surface area contributed by atoms with Gasteiger partial charge in [-0.05, 0) is 17.7 Å². The van der Waals surface area contributed by atoms with Gasteiger partial charge in [-0.2, -0.15) is 74.6 Å². The van der Waals surface area contributed by atoms with Gasteiger partial charge in [0.2, 0.25) is 5.83 Å². The first-order valence-electron chi connectivity index (χ1n) is 11.0. The Hall–Kier alpha value is -2.40. The summed E-state index contributed by atoms with van der Waals surface area (Å²) in [5, 5.41) is 19.1. The minimum Gasteiger partial charge on any atom is -0.430 e. The van der Waals surface area contributed by atoms with Crippen LogP contribution in [0.15, 0.2) is 36.1 Å². The summed E-state index contributed by atoms with van der Waals surface area (Å²) < 4.78 is 238. The maximum Gasteiger partial charge on any atom is 0.460 e. The van der Waals surface area contributed by atoms with Gasteiger partial charge in [0.1, 0.15) is 5.75 Å². The van der Waals surface area contributed by atoms with Crippen LogP contribution in [0, 0.1) is 0 Å². The van der Waals surface area contributed by atoms with Crippen molar-refractivity contribution in [2.45, 2.75) is 47.9 Å². The third kappa shape index (κ3) is 9.11. The second-order valence-corrected chi connectivity index (χ2v) is 9.94. The van der Waals surface area contributed by atoms with Gasteiger partial charge in [0.15, 0.2) is 0 Å². The predicted octanol–water partition coefficient (Wildman–Crippen LogP) is 5.79. The standard InChI is InChI=1S/C16H8F17O4P.C4H11NO2/c17-8(9(18)37-7-3-1-6(2-4-7)5-38(34,35)36)10(19,20)11(21,22)12(23,24)13(25,26)14(27,28)15(29,30)16(31,32)33;6-3-1-5-2-4-7/h1-4H,5H2,(H2,34,35,36);5-7H,1-4H2. The molecule has 0 fully saturated rings. The number of benzene rings is 1. The number of aliphatic hydroxyl groups excluding tert-OH is 2. The van der Waals surface area contributed by atoms with E-state index in [1.54, 1.807) is 0 Å². The molecule has 0 aromatic heterocycles. The molecule has 0 radical (unpaired) electrons. The van der Waals surface area contributed by atoms with Crippen LogP contribution in [0.1, 0.15) is 5.56 Å². The molecule has 1 aromatic rings. The highest BCUT2D eigenvalue weighted by molar-refractivity contribution is 7.50. The van der Waals surface area contributed by atoms with Gasteiger partial charge >= 0.3 is 55.3 Å². The van der Waals surface area contributed by atoms with Gasteiger partial charge in [0, 0.05) is 13.1 Å². The number of allylic oxidation sites excluding steroid dienone is 1. The van der Waals surface area contributed by atoms with Crippen molar-refractivity contribution in [1.82, 2.24) is 5.32 Å². The average Bonchev–Trinajstić information content (AvgIpc) is 2.87. The van der Waals surface area contributed by atoms with E-state index in [-0.39, 0.29) is 18.8 Å². The zero-order valence-electron chi connectivity index (χ0n) is 21.3. The first kappa shape index (κ1) is 42.6. The molecule has 0 aliphatic heterocycles. The minimum atomic E-state index is -8.68. The van der Waals surface area contributed by atoms with Crippen LogP contribution in [-0.2, 0) is 10.7 Å². The Bertz CT molecular complexity index is 1180. The summed E-state index contributed by atoms with van der Waals surface area (Å²) in [6.45, 7) is 1.42. The third-order valence-corrected chi connectivity index (χ3v) is 5.65. The molecule has 5 N–H and O–H groups in total. The summed E-state index contributed by atoms with van der Waals surface area (Å²) in [5.41, 5.74) is -0.286. The number of aliphatic hydroxyl groups is 2. The SMILES string of the molecule is O=P(O)(O)Cc1ccc(OC(F)=C(F)C(F)(F)C(F)(F)C(F)(F)C(F)(F)C(F)(F)C(F)(F)C(F)(F)F)cc1.OCCNCCO. The lowest BCUT2D eigenvalue weighted by molar-refractivity contribution is -0.451. The number of hydrogen-bond donors (Lipinski definition) is 5. The van der Waals surface area contributed by atoms with E-state index >= 15 is 0 Å². The smallest absolute Gasteiger partial charge is 0.430 e. The molecule has 0 aliphatic rings. The quantitative estimate of drug-likeness (QED) is 0.0715. The molecule has 0 saturated heterocycles. The van der Waals surface area contributed by atoms with Crippen molar-refractivity contribution in [3.63, 3.8) is 0 Å². The molecule has 0 amide bonds. The number of halogens is 17. The van der Waals surface area contributed by atoms with E-state index in [2.05, 4.69) is 10.1 Å². The largest absolute Gasteiger partial charge is 0.460 e. The first-order valence-corrected chi connectivity index (χ1v) is 12.8. The number of alkyl halides is 15. The molecule has 264 valence electrons. The summed E-state index contributed by atoms with van der Waals surface area (Å²) in [6, 6.07) is -1.61. The van der Waals surface area contributed by atoms with Gasteiger partial charge in [-0.25, -0.2) is 0 Å². The molecule has 0 unspecified atom stereocenters. The minimum absolute atomic E-state index is 0.139. The molecule has 0 saturated carbocycles. The second-order valence-electron chi connectivity index (χ2n) is 8.30. The normalized spacial score (nSPS) is 14.9. The van der Waals surface area contributed by atoms with E-state index < -0.39 is 73.1 Å². The van der Waals surface area contributed by atoms with Crippen LogP contribution >= 0.6 is 7.60 Å². The number of nitrogens with one attached hydrogen (secondary N) is 1. The van der Waals surface area contributed by atoms with Crippen molar-refractivity contribution in [1.29, 1.82) is 0 Å². The number of hydrogen-bond acceptors (Lipinski definition) is 5. The highest BCUT2D eigenvalue weighted by Crippen LogP contribution is 2.63. The van der Waals surface area contributed by atoms with Crippen molar-refractivity contribution in [3.05, 3.63) is 41.7 Å². The van der Waals surface area contributed by atoms with E-state index in [1.165, 1.54) is 0 Å². The van der Waals surface area contributed by atoms with Crippen LogP contribution in [0.4, 0.5) is 74.6 Å². The second kappa shape index (κ2) is 14.6. The molecule has 1 rings (SSSR count). The molecule has 0 heterocycles. The van der Waals surface area contributed by atoms with Gasteiger partial charge in [-0.3, -0.25) is 4.57 Å². The fourth-order valence-electron chi connectivity index (χ4n) is 2.56. The zero-order chi connectivity index (χ0) is 36.1. The van der Waals surface area contributed by atoms with E-state index in [1.807, 2.05) is 0 Å². The lowest BCUT2D eigenvalue weighted by Gasteiger charge is -2.41. The summed E-state index contributed by atoms with van der Waals surface area (Å²) in [5.74, 6) is -55.8. The van der Waals surface area contributed by atoms with Crippen molar-refractivity contribution in [3.8, 4) is 5.75 Å². The van der Waals surface area contributed by atoms with Gasteiger partial charge in [0.25, 0.3) is 0 Å². The Morgan fingerprint density at radius 1 is 0.667 bits per heavy atom. The molecule has 0 aliphatic carbocycles. The van der Waals surface area contributed by atoms with Gasteiger partial charge in [-0.15, -0.1) is 0 Å². The van der Waals surface area contributed by atoms with Gasteiger partial charge < -0.3 is 30.1 Å². The maximum absolute atomic E-state index is 13.7. The Morgan fingerprint density at radius 2 is 1.04 bits per heavy atom. The molecule has 0 atom stereocenters. The van der Waals surface area contributed by atoms with Crippen LogP contribution in [0.2, 0.25) is 0 Å². The average molecular weight is 723 g/mol. The molecular weight excluding hydrogens is 704 g/mol. The molecule has 1 aromatic carbocycles. The van der Waals surface area contributed by atoms with E-state index in [0.29, 0.717) is 37.4 Å². The summed E-state index contributed by atoms with van der Waals surface area (Å²) in [6.07, 6.45) is -8.81. The van der Waals surface area contributed by atoms with Crippen LogP contribution in [0.25, 0.3) is 0 Å². The van der Waals surface area contributed by atoms with Crippen LogP contribution in [0.5, 0.6) is 5.75 Å². The zero-order valence-corrected chi connectivity index (χ0v) is 22.2. The number of ether oxygens (including phenoxy) is 1. The lowest BCUT2D eigenvalue weighted by Crippen LogP contribution is -2.72. The van der Waals surface area contributed by atoms with E-state index in [9.17, 15) is 79.2 Å². The fraction of sp³-hybridized carbons (Fsp3) is 0.600. The molecule has 0 spiro atoms. The summed E-state index contributed by atoms with van der Waals surface area (Å²) in [7, 11) is -4.71. The highest BCUT2D eigenvalue weighted by Gasteiger charge is 2.93. The van der Waals surface area contributed by atoms with Crippen LogP contribution in [0.3, 0.4) is 0 Å². The van der Waals surface area contributed by atoms with Gasteiger partial charge in [0.05, 0.1) is 19.4 Å². The molecule has 0 bridgehead atoms. The monoisotopic (exact) mass is 723 g/mol. The van der Waals surface area contributed by atoms with Gasteiger partial charge in [-0.1, -0.05) is 12.1 Å². The van der Waals surface area contributed by atoms with Crippen molar-refractivity contribution < 1.29 is 104 Å². The summed E-state index contributed by atoms with van der Waals surface area (Å²) >= 11 is 0. The predicted molar refractivity (Wildman–Crippen MR) is 115 cm³/mol. The maximum atomic E-state index is 13.7. The topological polar surface area (TPSA) is 119 Å². The Morgan fingerprint density at radius 3 is 1.40 bits per heavy atom. The van der Waals surface area contributed by atoms with E-state index in [0.717, 1.165) is 0 Å². The highest BCUT2D eigenvalue weighted by atomic mass is 31.2. The van der Waals surface area contributed by atoms with E-state index in [4.69, 9.17) is 20.0 Å². The Labute approximate surface area is 239 Å². The molecule has 7 nitrogen and oxygen atoms in total. The van der Waals surface area contributed by atoms with Crippen molar-refractivity contribution in [2.75, 3.05) is 26.3 Å². The first-order chi connectivity index (χ1) is 19.9. The Kier molecular flexibility index (Phi) is 13.8. The Balaban J connectivity index is 0.00000246. The van der Waals surface area contributed by atoms with Crippen LogP contribution in [-0.4, -0.2) is 88.0 Å². The lowest BCUT2D eigenvalue weighted by atomic mass is 9.91. The van der Waals surface area contributed by atoms with Crippen molar-refractivity contribution in [2.24, 2.45) is 0 Å². The number of rotatable bonds is 14. The third-order valence-electron chi connectivity index (χ3n) is 4.87. The molecular formula is C20H19F17NO6P. The fourth-order valence-corrected chi connectivity index (χ4v) is 3.25.